The molecule has 2 atom stereocenters. The molecule has 0 aromatic carbocycles. The van der Waals surface area contributed by atoms with Crippen LogP contribution in [0.3, 0.4) is 0 Å². The minimum atomic E-state index is -4.38. The predicted molar refractivity (Wildman–Crippen MR) is 243 cm³/mol. The van der Waals surface area contributed by atoms with Gasteiger partial charge in [-0.05, 0) is 57.8 Å². The number of ether oxygens (including phenoxy) is 2. The van der Waals surface area contributed by atoms with Gasteiger partial charge in [-0.25, -0.2) is 4.57 Å². The molecule has 0 amide bonds. The lowest BCUT2D eigenvalue weighted by Gasteiger charge is -2.24. The van der Waals surface area contributed by atoms with E-state index in [0.29, 0.717) is 23.9 Å². The molecule has 0 saturated carbocycles. The number of unbranched alkanes of at least 4 members (excludes halogenated alkanes) is 17. The van der Waals surface area contributed by atoms with Gasteiger partial charge in [0.15, 0.2) is 6.10 Å². The van der Waals surface area contributed by atoms with Gasteiger partial charge in [0.05, 0.1) is 27.7 Å². The summed E-state index contributed by atoms with van der Waals surface area (Å²) in [6.45, 7) is 4.27. The van der Waals surface area contributed by atoms with Crippen molar-refractivity contribution in [1.29, 1.82) is 0 Å². The number of carbonyl (C=O) groups is 2. The Labute approximate surface area is 356 Å². The van der Waals surface area contributed by atoms with Crippen molar-refractivity contribution in [2.45, 2.75) is 187 Å². The minimum Gasteiger partial charge on any atom is -0.462 e. The summed E-state index contributed by atoms with van der Waals surface area (Å²) in [6.07, 6.45) is 48.4. The summed E-state index contributed by atoms with van der Waals surface area (Å²) in [4.78, 5) is 35.4. The van der Waals surface area contributed by atoms with Crippen molar-refractivity contribution < 1.29 is 42.1 Å². The topological polar surface area (TPSA) is 108 Å². The van der Waals surface area contributed by atoms with E-state index in [1.54, 1.807) is 0 Å². The number of rotatable bonds is 41. The Morgan fingerprint density at radius 3 is 1.47 bits per heavy atom. The summed E-state index contributed by atoms with van der Waals surface area (Å²) in [5, 5.41) is 0. The van der Waals surface area contributed by atoms with E-state index in [-0.39, 0.29) is 26.1 Å². The van der Waals surface area contributed by atoms with E-state index in [4.69, 9.17) is 18.5 Å². The number of phosphoric acid groups is 1. The normalized spacial score (nSPS) is 14.1. The molecule has 0 radical (unpaired) electrons. The molecule has 10 heteroatoms. The molecule has 0 aromatic heterocycles. The lowest BCUT2D eigenvalue weighted by atomic mass is 10.0. The van der Waals surface area contributed by atoms with Gasteiger partial charge in [-0.3, -0.25) is 18.6 Å². The van der Waals surface area contributed by atoms with Crippen molar-refractivity contribution in [3.05, 3.63) is 60.8 Å². The van der Waals surface area contributed by atoms with Crippen LogP contribution in [0, 0.1) is 0 Å². The van der Waals surface area contributed by atoms with Gasteiger partial charge in [0.1, 0.15) is 19.8 Å². The number of esters is 2. The monoisotopic (exact) mass is 837 g/mol. The Morgan fingerprint density at radius 2 is 0.983 bits per heavy atom. The van der Waals surface area contributed by atoms with Crippen molar-refractivity contribution in [2.24, 2.45) is 0 Å². The average Bonchev–Trinajstić information content (AvgIpc) is 3.17. The maximum atomic E-state index is 12.7. The first-order chi connectivity index (χ1) is 28.0. The van der Waals surface area contributed by atoms with Crippen molar-refractivity contribution in [3.63, 3.8) is 0 Å². The van der Waals surface area contributed by atoms with Crippen molar-refractivity contribution >= 4 is 19.8 Å². The molecule has 1 unspecified atom stereocenters. The zero-order chi connectivity index (χ0) is 42.8. The molecule has 0 rings (SSSR count). The van der Waals surface area contributed by atoms with Gasteiger partial charge in [-0.2, -0.15) is 0 Å². The van der Waals surface area contributed by atoms with E-state index < -0.39 is 32.5 Å². The van der Waals surface area contributed by atoms with Crippen LogP contribution >= 0.6 is 7.82 Å². The Hall–Kier alpha value is -2.29. The van der Waals surface area contributed by atoms with E-state index in [9.17, 15) is 19.0 Å². The molecule has 0 fully saturated rings. The maximum Gasteiger partial charge on any atom is 0.472 e. The minimum absolute atomic E-state index is 0.0248. The standard InChI is InChI=1S/C48H86NO8P/c1-6-8-10-12-14-16-18-20-22-23-24-25-27-28-30-32-34-36-38-40-47(50)54-44-46(45-56-58(52,53)55-43-42-49(3,4)5)57-48(51)41-39-37-35-33-31-29-26-21-19-17-15-13-11-9-7-2/h8,10,14,16,20,22,24-25,28,30,46H,6-7,9,11-13,15,17-19,21,23,26-27,29,31-45H2,1-5H3/p+1/b10-8+,16-14+,22-20+,25-24+,30-28+/t46-/m1/s1. The zero-order valence-electron chi connectivity index (χ0n) is 37.8. The van der Waals surface area contributed by atoms with Crippen LogP contribution in [0.4, 0.5) is 0 Å². The highest BCUT2D eigenvalue weighted by Gasteiger charge is 2.27. The molecule has 9 nitrogen and oxygen atoms in total. The van der Waals surface area contributed by atoms with Gasteiger partial charge in [0.25, 0.3) is 0 Å². The number of hydrogen-bond acceptors (Lipinski definition) is 7. The Kier molecular flexibility index (Phi) is 38.5. The number of allylic oxidation sites excluding steroid dienone is 10. The van der Waals surface area contributed by atoms with Gasteiger partial charge < -0.3 is 18.9 Å². The predicted octanol–water partition coefficient (Wildman–Crippen LogP) is 13.2. The van der Waals surface area contributed by atoms with Crippen LogP contribution in [0.25, 0.3) is 0 Å². The van der Waals surface area contributed by atoms with E-state index in [1.807, 2.05) is 21.1 Å². The first-order valence-corrected chi connectivity index (χ1v) is 24.5. The van der Waals surface area contributed by atoms with Crippen molar-refractivity contribution in [3.8, 4) is 0 Å². The molecule has 0 spiro atoms. The average molecular weight is 837 g/mol. The highest BCUT2D eigenvalue weighted by molar-refractivity contribution is 7.47. The van der Waals surface area contributed by atoms with Gasteiger partial charge in [0.2, 0.25) is 0 Å². The van der Waals surface area contributed by atoms with E-state index in [1.165, 1.54) is 77.0 Å². The van der Waals surface area contributed by atoms with Crippen LogP contribution in [-0.2, 0) is 32.7 Å². The molecule has 0 aliphatic rings. The Balaban J connectivity index is 4.39. The lowest BCUT2D eigenvalue weighted by Crippen LogP contribution is -2.37. The van der Waals surface area contributed by atoms with E-state index in [2.05, 4.69) is 74.6 Å². The molecular formula is C48H87NO8P+. The maximum absolute atomic E-state index is 12.7. The van der Waals surface area contributed by atoms with E-state index in [0.717, 1.165) is 64.2 Å². The van der Waals surface area contributed by atoms with Crippen LogP contribution in [0.5, 0.6) is 0 Å². The number of hydrogen-bond donors (Lipinski definition) is 1. The molecule has 0 aromatic rings. The molecular weight excluding hydrogens is 750 g/mol. The molecule has 0 aliphatic carbocycles. The summed E-state index contributed by atoms with van der Waals surface area (Å²) in [5.41, 5.74) is 0. The van der Waals surface area contributed by atoms with Gasteiger partial charge in [-0.1, -0.05) is 171 Å². The second kappa shape index (κ2) is 40.1. The second-order valence-corrected chi connectivity index (χ2v) is 17.9. The second-order valence-electron chi connectivity index (χ2n) is 16.4. The lowest BCUT2D eigenvalue weighted by molar-refractivity contribution is -0.870. The van der Waals surface area contributed by atoms with Crippen molar-refractivity contribution in [1.82, 2.24) is 0 Å². The fourth-order valence-corrected chi connectivity index (χ4v) is 6.72. The number of likely N-dealkylation sites (N-methyl/N-ethyl adjacent to an activating group) is 1. The first-order valence-electron chi connectivity index (χ1n) is 23.0. The summed E-state index contributed by atoms with van der Waals surface area (Å²) >= 11 is 0. The molecule has 0 aliphatic heterocycles. The van der Waals surface area contributed by atoms with Gasteiger partial charge in [-0.15, -0.1) is 0 Å². The van der Waals surface area contributed by atoms with Crippen LogP contribution in [-0.4, -0.2) is 74.9 Å². The highest BCUT2D eigenvalue weighted by Crippen LogP contribution is 2.43. The number of phosphoric ester groups is 1. The quantitative estimate of drug-likeness (QED) is 0.0213. The molecule has 0 bridgehead atoms. The largest absolute Gasteiger partial charge is 0.472 e. The zero-order valence-corrected chi connectivity index (χ0v) is 38.7. The number of carbonyl (C=O) groups excluding carboxylic acids is 2. The summed E-state index contributed by atoms with van der Waals surface area (Å²) in [7, 11) is 1.45. The number of quaternary nitrogens is 1. The molecule has 0 heterocycles. The Bertz CT molecular complexity index is 1170. The SMILES string of the molecule is CC/C=C/C/C=C/C/C=C/C/C=C/C/C=C/CCCCCC(=O)OC[C@H](COP(=O)(O)OCC[N+](C)(C)C)OC(=O)CCCCCCCCCCCCCCCCC. The van der Waals surface area contributed by atoms with Crippen LogP contribution in [0.15, 0.2) is 60.8 Å². The third-order valence-corrected chi connectivity index (χ3v) is 10.5. The number of nitrogens with zero attached hydrogens (tertiary/aromatic N) is 1. The van der Waals surface area contributed by atoms with Crippen LogP contribution in [0.1, 0.15) is 181 Å². The third kappa shape index (κ3) is 43.3. The molecule has 58 heavy (non-hydrogen) atoms. The van der Waals surface area contributed by atoms with Crippen LogP contribution in [0.2, 0.25) is 0 Å². The molecule has 336 valence electrons. The fraction of sp³-hybridized carbons (Fsp3) is 0.750. The van der Waals surface area contributed by atoms with E-state index >= 15 is 0 Å². The third-order valence-electron chi connectivity index (χ3n) is 9.56. The first kappa shape index (κ1) is 55.7. The smallest absolute Gasteiger partial charge is 0.462 e. The van der Waals surface area contributed by atoms with Gasteiger partial charge >= 0.3 is 19.8 Å². The fourth-order valence-electron chi connectivity index (χ4n) is 5.98. The molecule has 1 N–H and O–H groups in total. The van der Waals surface area contributed by atoms with Crippen molar-refractivity contribution in [2.75, 3.05) is 47.5 Å². The van der Waals surface area contributed by atoms with Gasteiger partial charge in [0, 0.05) is 12.8 Å². The summed E-state index contributed by atoms with van der Waals surface area (Å²) in [6, 6.07) is 0. The highest BCUT2D eigenvalue weighted by atomic mass is 31.2. The molecule has 0 saturated heterocycles. The van der Waals surface area contributed by atoms with Crippen LogP contribution < -0.4 is 0 Å². The summed E-state index contributed by atoms with van der Waals surface area (Å²) in [5.74, 6) is -0.835. The summed E-state index contributed by atoms with van der Waals surface area (Å²) < 4.78 is 34.3. The Morgan fingerprint density at radius 1 is 0.552 bits per heavy atom.